The molecule has 3 aliphatic rings. The summed E-state index contributed by atoms with van der Waals surface area (Å²) in [6, 6.07) is 68.8. The molecular formula is C56H45N. The van der Waals surface area contributed by atoms with Gasteiger partial charge in [-0.05, 0) is 121 Å². The van der Waals surface area contributed by atoms with Crippen LogP contribution in [0, 0.1) is 0 Å². The fraction of sp³-hybridized carbons (Fsp3) is 0.143. The lowest BCUT2D eigenvalue weighted by Crippen LogP contribution is -2.26. The summed E-state index contributed by atoms with van der Waals surface area (Å²) in [5.74, 6) is 0. The van der Waals surface area contributed by atoms with Crippen LogP contribution in [-0.2, 0) is 17.3 Å². The van der Waals surface area contributed by atoms with Gasteiger partial charge in [0, 0.05) is 22.4 Å². The van der Waals surface area contributed by atoms with Crippen LogP contribution in [0.4, 0.5) is 17.1 Å². The lowest BCUT2D eigenvalue weighted by atomic mass is 9.70. The Labute approximate surface area is 336 Å². The van der Waals surface area contributed by atoms with Crippen molar-refractivity contribution in [2.75, 3.05) is 4.90 Å². The van der Waals surface area contributed by atoms with Gasteiger partial charge in [-0.2, -0.15) is 0 Å². The first-order chi connectivity index (χ1) is 28.0. The second-order valence-electron chi connectivity index (χ2n) is 16.7. The maximum absolute atomic E-state index is 2.56. The fourth-order valence-electron chi connectivity index (χ4n) is 10.6. The molecule has 0 fully saturated rings. The molecule has 1 spiro atoms. The van der Waals surface area contributed by atoms with E-state index in [0.717, 1.165) is 12.1 Å². The minimum Gasteiger partial charge on any atom is -0.310 e. The van der Waals surface area contributed by atoms with Crippen LogP contribution in [0.15, 0.2) is 182 Å². The number of benzene rings is 8. The third-order valence-electron chi connectivity index (χ3n) is 13.3. The van der Waals surface area contributed by atoms with Gasteiger partial charge in [-0.25, -0.2) is 0 Å². The highest BCUT2D eigenvalue weighted by atomic mass is 15.1. The third-order valence-corrected chi connectivity index (χ3v) is 13.3. The van der Waals surface area contributed by atoms with Crippen molar-refractivity contribution < 1.29 is 0 Å². The summed E-state index contributed by atoms with van der Waals surface area (Å²) in [4.78, 5) is 2.54. The monoisotopic (exact) mass is 731 g/mol. The van der Waals surface area contributed by atoms with Crippen LogP contribution in [0.1, 0.15) is 72.6 Å². The maximum atomic E-state index is 2.56. The van der Waals surface area contributed by atoms with Gasteiger partial charge in [0.25, 0.3) is 0 Å². The van der Waals surface area contributed by atoms with E-state index in [-0.39, 0.29) is 5.41 Å². The molecule has 0 atom stereocenters. The number of unbranched alkanes of at least 4 members (excludes halogenated alkanes) is 1. The summed E-state index contributed by atoms with van der Waals surface area (Å²) >= 11 is 0. The number of aryl methyl sites for hydroxylation is 1. The molecule has 0 amide bonds. The molecule has 274 valence electrons. The topological polar surface area (TPSA) is 3.24 Å². The molecule has 0 aliphatic heterocycles. The zero-order chi connectivity index (χ0) is 38.3. The number of anilines is 3. The summed E-state index contributed by atoms with van der Waals surface area (Å²) in [5, 5.41) is 0. The highest BCUT2D eigenvalue weighted by Crippen LogP contribution is 2.65. The highest BCUT2D eigenvalue weighted by molar-refractivity contribution is 6.01. The third kappa shape index (κ3) is 4.82. The van der Waals surface area contributed by atoms with E-state index >= 15 is 0 Å². The second-order valence-corrected chi connectivity index (χ2v) is 16.7. The molecule has 8 aromatic rings. The first-order valence-corrected chi connectivity index (χ1v) is 20.7. The fourth-order valence-corrected chi connectivity index (χ4v) is 10.6. The first kappa shape index (κ1) is 33.9. The smallest absolute Gasteiger partial charge is 0.0726 e. The van der Waals surface area contributed by atoms with E-state index in [0.29, 0.717) is 0 Å². The van der Waals surface area contributed by atoms with Crippen molar-refractivity contribution in [3.8, 4) is 44.5 Å². The van der Waals surface area contributed by atoms with Crippen LogP contribution in [-0.4, -0.2) is 0 Å². The van der Waals surface area contributed by atoms with Crippen LogP contribution >= 0.6 is 0 Å². The van der Waals surface area contributed by atoms with Crippen LogP contribution in [0.2, 0.25) is 0 Å². The largest absolute Gasteiger partial charge is 0.310 e. The van der Waals surface area contributed by atoms with Gasteiger partial charge in [-0.3, -0.25) is 0 Å². The van der Waals surface area contributed by atoms with Crippen LogP contribution in [0.25, 0.3) is 44.5 Å². The zero-order valence-corrected chi connectivity index (χ0v) is 32.9. The van der Waals surface area contributed by atoms with Crippen molar-refractivity contribution in [2.24, 2.45) is 0 Å². The molecule has 0 unspecified atom stereocenters. The molecule has 1 nitrogen and oxygen atoms in total. The van der Waals surface area contributed by atoms with Crippen molar-refractivity contribution in [2.45, 2.75) is 50.9 Å². The van der Waals surface area contributed by atoms with Gasteiger partial charge >= 0.3 is 0 Å². The number of fused-ring (bicyclic) bond motifs is 13. The molecule has 11 rings (SSSR count). The van der Waals surface area contributed by atoms with E-state index in [1.807, 2.05) is 0 Å². The predicted octanol–water partition coefficient (Wildman–Crippen LogP) is 14.8. The Kier molecular flexibility index (Phi) is 7.60. The first-order valence-electron chi connectivity index (χ1n) is 20.7. The van der Waals surface area contributed by atoms with Crippen molar-refractivity contribution >= 4 is 17.1 Å². The number of rotatable bonds is 7. The van der Waals surface area contributed by atoms with E-state index < -0.39 is 5.41 Å². The summed E-state index contributed by atoms with van der Waals surface area (Å²) in [6.07, 6.45) is 3.45. The number of nitrogens with zero attached hydrogens (tertiary/aromatic N) is 1. The highest BCUT2D eigenvalue weighted by Gasteiger charge is 2.52. The van der Waals surface area contributed by atoms with E-state index in [2.05, 4.69) is 208 Å². The van der Waals surface area contributed by atoms with Gasteiger partial charge in [-0.1, -0.05) is 179 Å². The standard InChI is InChI=1S/C56H45N/c1-4-5-16-37-27-33-46-52(35-37)56(48-23-13-10-20-43(48)44-21-11-14-24-49(44)56)50-25-15-26-53(54(46)50)57(40-30-28-39(29-31-40)38-17-7-6-8-18-38)41-32-34-45-42-19-9-12-22-47(42)55(2,3)51(45)36-41/h6-15,17-36H,4-5,16H2,1-3H3. The molecule has 1 heteroatoms. The second kappa shape index (κ2) is 12.8. The molecule has 0 N–H and O–H groups in total. The molecule has 0 heterocycles. The van der Waals surface area contributed by atoms with E-state index in [1.165, 1.54) is 108 Å². The van der Waals surface area contributed by atoms with Crippen molar-refractivity contribution in [3.63, 3.8) is 0 Å². The Morgan fingerprint density at radius 1 is 0.421 bits per heavy atom. The van der Waals surface area contributed by atoms with Crippen LogP contribution < -0.4 is 4.90 Å². The number of hydrogen-bond donors (Lipinski definition) is 0. The lowest BCUT2D eigenvalue weighted by molar-refractivity contribution is 0.660. The SMILES string of the molecule is CCCCc1ccc2c(c1)C1(c3ccccc3-c3ccccc31)c1cccc(N(c3ccc(-c4ccccc4)cc3)c3ccc4c(c3)C(C)(C)c3ccccc3-4)c1-2. The van der Waals surface area contributed by atoms with Gasteiger partial charge in [-0.15, -0.1) is 0 Å². The minimum atomic E-state index is -0.416. The van der Waals surface area contributed by atoms with Gasteiger partial charge in [0.15, 0.2) is 0 Å². The quantitative estimate of drug-likeness (QED) is 0.158. The Hall–Kier alpha value is -6.44. The molecule has 0 saturated heterocycles. The minimum absolute atomic E-state index is 0.119. The Bertz CT molecular complexity index is 2810. The van der Waals surface area contributed by atoms with Gasteiger partial charge in [0.05, 0.1) is 11.1 Å². The summed E-state index contributed by atoms with van der Waals surface area (Å²) in [5.41, 5.74) is 23.1. The van der Waals surface area contributed by atoms with Crippen molar-refractivity contribution in [3.05, 3.63) is 221 Å². The maximum Gasteiger partial charge on any atom is 0.0726 e. The molecule has 0 saturated carbocycles. The molecular weight excluding hydrogens is 687 g/mol. The van der Waals surface area contributed by atoms with Crippen LogP contribution in [0.5, 0.6) is 0 Å². The van der Waals surface area contributed by atoms with E-state index in [1.54, 1.807) is 0 Å². The lowest BCUT2D eigenvalue weighted by Gasteiger charge is -2.32. The summed E-state index contributed by atoms with van der Waals surface area (Å²) in [6.45, 7) is 7.05. The Morgan fingerprint density at radius 3 is 1.68 bits per heavy atom. The predicted molar refractivity (Wildman–Crippen MR) is 239 cm³/mol. The molecule has 0 bridgehead atoms. The molecule has 0 radical (unpaired) electrons. The van der Waals surface area contributed by atoms with Gasteiger partial charge in [0.1, 0.15) is 0 Å². The number of hydrogen-bond acceptors (Lipinski definition) is 1. The molecule has 0 aromatic heterocycles. The van der Waals surface area contributed by atoms with Gasteiger partial charge in [0.2, 0.25) is 0 Å². The normalized spacial score (nSPS) is 14.4. The van der Waals surface area contributed by atoms with Crippen molar-refractivity contribution in [1.29, 1.82) is 0 Å². The average molecular weight is 732 g/mol. The van der Waals surface area contributed by atoms with Crippen molar-refractivity contribution in [1.82, 2.24) is 0 Å². The average Bonchev–Trinajstić information content (AvgIpc) is 3.82. The Balaban J connectivity index is 1.19. The van der Waals surface area contributed by atoms with E-state index in [9.17, 15) is 0 Å². The summed E-state index contributed by atoms with van der Waals surface area (Å²) in [7, 11) is 0. The molecule has 57 heavy (non-hydrogen) atoms. The molecule has 8 aromatic carbocycles. The zero-order valence-electron chi connectivity index (χ0n) is 32.9. The van der Waals surface area contributed by atoms with E-state index in [4.69, 9.17) is 0 Å². The van der Waals surface area contributed by atoms with Gasteiger partial charge < -0.3 is 4.90 Å². The Morgan fingerprint density at radius 2 is 0.982 bits per heavy atom. The van der Waals surface area contributed by atoms with Crippen LogP contribution in [0.3, 0.4) is 0 Å². The molecule has 3 aliphatic carbocycles. The summed E-state index contributed by atoms with van der Waals surface area (Å²) < 4.78 is 0.